The molecule has 0 aliphatic carbocycles. The molecule has 0 amide bonds. The highest BCUT2D eigenvalue weighted by atomic mass is 35.5. The molecular formula is C17H12Cl2N2. The molecule has 0 radical (unpaired) electrons. The first kappa shape index (κ1) is 13.9. The van der Waals surface area contributed by atoms with Crippen molar-refractivity contribution in [2.45, 2.75) is 0 Å². The van der Waals surface area contributed by atoms with Gasteiger partial charge in [-0.2, -0.15) is 0 Å². The normalized spacial score (nSPS) is 10.6. The van der Waals surface area contributed by atoms with Crippen molar-refractivity contribution in [2.24, 2.45) is 0 Å². The number of pyridine rings is 1. The van der Waals surface area contributed by atoms with E-state index >= 15 is 0 Å². The van der Waals surface area contributed by atoms with E-state index in [9.17, 15) is 0 Å². The van der Waals surface area contributed by atoms with Crippen LogP contribution >= 0.6 is 23.2 Å². The molecule has 2 nitrogen and oxygen atoms in total. The Morgan fingerprint density at radius 2 is 1.29 bits per heavy atom. The van der Waals surface area contributed by atoms with Crippen molar-refractivity contribution in [2.75, 3.05) is 5.73 Å². The summed E-state index contributed by atoms with van der Waals surface area (Å²) in [5, 5.41) is 1.39. The molecule has 4 heteroatoms. The van der Waals surface area contributed by atoms with Gasteiger partial charge in [-0.05, 0) is 35.9 Å². The zero-order valence-corrected chi connectivity index (χ0v) is 12.6. The standard InChI is InChI=1S/C17H12Cl2N2/c18-13-5-1-11(2-6-13)16-9-15(20)10-21-17(16)12-3-7-14(19)8-4-12/h1-10H,20H2. The van der Waals surface area contributed by atoms with Gasteiger partial charge in [-0.15, -0.1) is 0 Å². The van der Waals surface area contributed by atoms with Gasteiger partial charge in [0, 0.05) is 21.2 Å². The number of anilines is 1. The summed E-state index contributed by atoms with van der Waals surface area (Å²) in [4.78, 5) is 4.48. The van der Waals surface area contributed by atoms with Crippen molar-refractivity contribution in [3.05, 3.63) is 70.8 Å². The van der Waals surface area contributed by atoms with E-state index in [0.29, 0.717) is 15.7 Å². The summed E-state index contributed by atoms with van der Waals surface area (Å²) in [6.45, 7) is 0. The molecule has 2 N–H and O–H groups in total. The van der Waals surface area contributed by atoms with E-state index in [0.717, 1.165) is 22.4 Å². The van der Waals surface area contributed by atoms with Crippen molar-refractivity contribution in [1.29, 1.82) is 0 Å². The van der Waals surface area contributed by atoms with Crippen LogP contribution in [0.5, 0.6) is 0 Å². The summed E-state index contributed by atoms with van der Waals surface area (Å²) in [5.41, 5.74) is 10.3. The van der Waals surface area contributed by atoms with Crippen LogP contribution in [0.3, 0.4) is 0 Å². The molecule has 3 aromatic rings. The second-order valence-corrected chi connectivity index (χ2v) is 5.55. The van der Waals surface area contributed by atoms with Crippen molar-refractivity contribution < 1.29 is 0 Å². The molecule has 0 aliphatic heterocycles. The molecule has 21 heavy (non-hydrogen) atoms. The lowest BCUT2D eigenvalue weighted by Gasteiger charge is -2.10. The predicted octanol–water partition coefficient (Wildman–Crippen LogP) is 5.30. The van der Waals surface area contributed by atoms with Crippen LogP contribution in [0.15, 0.2) is 60.8 Å². The SMILES string of the molecule is Nc1cnc(-c2ccc(Cl)cc2)c(-c2ccc(Cl)cc2)c1. The van der Waals surface area contributed by atoms with Crippen molar-refractivity contribution in [3.8, 4) is 22.4 Å². The van der Waals surface area contributed by atoms with Gasteiger partial charge in [-0.3, -0.25) is 4.98 Å². The fraction of sp³-hybridized carbons (Fsp3) is 0. The second kappa shape index (κ2) is 5.76. The molecule has 0 aliphatic rings. The summed E-state index contributed by atoms with van der Waals surface area (Å²) in [5.74, 6) is 0. The Balaban J connectivity index is 2.17. The van der Waals surface area contributed by atoms with Gasteiger partial charge in [-0.25, -0.2) is 0 Å². The van der Waals surface area contributed by atoms with Crippen LogP contribution in [0.2, 0.25) is 10.0 Å². The largest absolute Gasteiger partial charge is 0.397 e. The molecule has 1 heterocycles. The van der Waals surface area contributed by atoms with E-state index in [-0.39, 0.29) is 0 Å². The maximum Gasteiger partial charge on any atom is 0.0781 e. The number of aromatic nitrogens is 1. The monoisotopic (exact) mass is 314 g/mol. The molecular weight excluding hydrogens is 303 g/mol. The second-order valence-electron chi connectivity index (χ2n) is 4.68. The third-order valence-electron chi connectivity index (χ3n) is 3.18. The van der Waals surface area contributed by atoms with Crippen LogP contribution < -0.4 is 5.73 Å². The summed E-state index contributed by atoms with van der Waals surface area (Å²) in [7, 11) is 0. The molecule has 0 bridgehead atoms. The van der Waals surface area contributed by atoms with Crippen molar-refractivity contribution in [1.82, 2.24) is 4.98 Å². The first-order valence-electron chi connectivity index (χ1n) is 6.41. The summed E-state index contributed by atoms with van der Waals surface area (Å²) in [6, 6.07) is 17.1. The van der Waals surface area contributed by atoms with Gasteiger partial charge in [-0.1, -0.05) is 47.5 Å². The Hall–Kier alpha value is -2.03. The smallest absolute Gasteiger partial charge is 0.0781 e. The maximum atomic E-state index is 5.95. The Kier molecular flexibility index (Phi) is 3.82. The Morgan fingerprint density at radius 1 is 0.762 bits per heavy atom. The lowest BCUT2D eigenvalue weighted by Crippen LogP contribution is -1.93. The Labute approximate surface area is 133 Å². The number of benzene rings is 2. The van der Waals surface area contributed by atoms with E-state index in [2.05, 4.69) is 4.98 Å². The average molecular weight is 315 g/mol. The number of halogens is 2. The molecule has 104 valence electrons. The van der Waals surface area contributed by atoms with Crippen LogP contribution in [-0.2, 0) is 0 Å². The van der Waals surface area contributed by atoms with Gasteiger partial charge in [0.05, 0.1) is 17.6 Å². The van der Waals surface area contributed by atoms with Crippen LogP contribution in [0, 0.1) is 0 Å². The zero-order valence-electron chi connectivity index (χ0n) is 11.1. The van der Waals surface area contributed by atoms with E-state index < -0.39 is 0 Å². The fourth-order valence-electron chi connectivity index (χ4n) is 2.17. The van der Waals surface area contributed by atoms with E-state index in [4.69, 9.17) is 28.9 Å². The van der Waals surface area contributed by atoms with Crippen LogP contribution in [-0.4, -0.2) is 4.98 Å². The highest BCUT2D eigenvalue weighted by molar-refractivity contribution is 6.31. The van der Waals surface area contributed by atoms with E-state index in [1.165, 1.54) is 0 Å². The third kappa shape index (κ3) is 3.02. The van der Waals surface area contributed by atoms with Gasteiger partial charge in [0.25, 0.3) is 0 Å². The average Bonchev–Trinajstić information content (AvgIpc) is 2.49. The molecule has 3 rings (SSSR count). The van der Waals surface area contributed by atoms with Crippen LogP contribution in [0.4, 0.5) is 5.69 Å². The van der Waals surface area contributed by atoms with Gasteiger partial charge < -0.3 is 5.73 Å². The molecule has 0 saturated carbocycles. The maximum absolute atomic E-state index is 5.95. The minimum Gasteiger partial charge on any atom is -0.397 e. The van der Waals surface area contributed by atoms with Gasteiger partial charge in [0.1, 0.15) is 0 Å². The topological polar surface area (TPSA) is 38.9 Å². The van der Waals surface area contributed by atoms with E-state index in [1.54, 1.807) is 6.20 Å². The molecule has 0 unspecified atom stereocenters. The molecule has 1 aromatic heterocycles. The van der Waals surface area contributed by atoms with Gasteiger partial charge in [0.15, 0.2) is 0 Å². The number of nitrogen functional groups attached to an aromatic ring is 1. The quantitative estimate of drug-likeness (QED) is 0.696. The molecule has 0 spiro atoms. The Morgan fingerprint density at radius 3 is 1.86 bits per heavy atom. The summed E-state index contributed by atoms with van der Waals surface area (Å²) < 4.78 is 0. The van der Waals surface area contributed by atoms with Crippen molar-refractivity contribution >= 4 is 28.9 Å². The third-order valence-corrected chi connectivity index (χ3v) is 3.69. The van der Waals surface area contributed by atoms with Gasteiger partial charge in [0.2, 0.25) is 0 Å². The minimum atomic E-state index is 0.623. The number of nitrogens with zero attached hydrogens (tertiary/aromatic N) is 1. The lowest BCUT2D eigenvalue weighted by molar-refractivity contribution is 1.33. The molecule has 0 saturated heterocycles. The summed E-state index contributed by atoms with van der Waals surface area (Å²) >= 11 is 11.9. The molecule has 2 aromatic carbocycles. The predicted molar refractivity (Wildman–Crippen MR) is 89.5 cm³/mol. The van der Waals surface area contributed by atoms with Crippen molar-refractivity contribution in [3.63, 3.8) is 0 Å². The highest BCUT2D eigenvalue weighted by Crippen LogP contribution is 2.32. The number of nitrogens with two attached hydrogens (primary N) is 1. The Bertz CT molecular complexity index is 766. The van der Waals surface area contributed by atoms with E-state index in [1.807, 2.05) is 54.6 Å². The lowest BCUT2D eigenvalue weighted by atomic mass is 9.99. The fourth-order valence-corrected chi connectivity index (χ4v) is 2.42. The first-order chi connectivity index (χ1) is 10.1. The molecule has 0 atom stereocenters. The highest BCUT2D eigenvalue weighted by Gasteiger charge is 2.10. The van der Waals surface area contributed by atoms with Gasteiger partial charge >= 0.3 is 0 Å². The summed E-state index contributed by atoms with van der Waals surface area (Å²) in [6.07, 6.45) is 1.66. The van der Waals surface area contributed by atoms with Crippen LogP contribution in [0.25, 0.3) is 22.4 Å². The minimum absolute atomic E-state index is 0.623. The van der Waals surface area contributed by atoms with Crippen LogP contribution in [0.1, 0.15) is 0 Å². The first-order valence-corrected chi connectivity index (χ1v) is 7.16. The number of hydrogen-bond acceptors (Lipinski definition) is 2. The number of rotatable bonds is 2. The number of hydrogen-bond donors (Lipinski definition) is 1. The molecule has 0 fully saturated rings. The zero-order chi connectivity index (χ0) is 14.8.